The average Bonchev–Trinajstić information content (AvgIpc) is 2.96. The normalized spacial score (nSPS) is 22.4. The van der Waals surface area contributed by atoms with Crippen molar-refractivity contribution < 1.29 is 9.53 Å². The molecule has 1 atom stereocenters. The summed E-state index contributed by atoms with van der Waals surface area (Å²) in [5.74, 6) is 1.05. The second-order valence-electron chi connectivity index (χ2n) is 6.15. The molecular weight excluding hydrogens is 278 g/mol. The van der Waals surface area contributed by atoms with Gasteiger partial charge in [-0.3, -0.25) is 4.79 Å². The summed E-state index contributed by atoms with van der Waals surface area (Å²) < 4.78 is 5.38. The molecule has 2 fully saturated rings. The number of carbonyl (C=O) groups excluding carboxylic acids is 1. The third kappa shape index (κ3) is 3.97. The highest BCUT2D eigenvalue weighted by molar-refractivity contribution is 5.80. The summed E-state index contributed by atoms with van der Waals surface area (Å²) >= 11 is 0. The Morgan fingerprint density at radius 2 is 2.05 bits per heavy atom. The first-order valence-corrected chi connectivity index (χ1v) is 8.42. The first-order valence-electron chi connectivity index (χ1n) is 8.42. The Balaban J connectivity index is 1.51. The Labute approximate surface area is 132 Å². The van der Waals surface area contributed by atoms with Gasteiger partial charge >= 0.3 is 0 Å². The predicted molar refractivity (Wildman–Crippen MR) is 85.7 cm³/mol. The Morgan fingerprint density at radius 3 is 2.68 bits per heavy atom. The molecule has 120 valence electrons. The van der Waals surface area contributed by atoms with E-state index in [9.17, 15) is 4.79 Å². The molecule has 0 saturated carbocycles. The zero-order valence-electron chi connectivity index (χ0n) is 13.1. The van der Waals surface area contributed by atoms with Crippen molar-refractivity contribution in [2.45, 2.75) is 51.2 Å². The molecule has 5 nitrogen and oxygen atoms in total. The molecule has 5 heteroatoms. The highest BCUT2D eigenvalue weighted by Gasteiger charge is 2.23. The number of hydrogen-bond acceptors (Lipinski definition) is 4. The Bertz CT molecular complexity index is 475. The van der Waals surface area contributed by atoms with Gasteiger partial charge in [0.2, 0.25) is 5.91 Å². The molecule has 3 heterocycles. The van der Waals surface area contributed by atoms with E-state index in [2.05, 4.69) is 27.3 Å². The maximum atomic E-state index is 11.9. The van der Waals surface area contributed by atoms with E-state index in [0.717, 1.165) is 37.3 Å². The van der Waals surface area contributed by atoms with E-state index < -0.39 is 0 Å². The molecule has 22 heavy (non-hydrogen) atoms. The summed E-state index contributed by atoms with van der Waals surface area (Å²) in [5, 5.41) is 2.93. The van der Waals surface area contributed by atoms with Crippen LogP contribution < -0.4 is 10.2 Å². The van der Waals surface area contributed by atoms with Crippen LogP contribution in [0.5, 0.6) is 0 Å². The Hall–Kier alpha value is -1.62. The number of aromatic nitrogens is 1. The molecule has 2 saturated heterocycles. The fourth-order valence-corrected chi connectivity index (χ4v) is 3.10. The van der Waals surface area contributed by atoms with Crippen LogP contribution in [-0.4, -0.2) is 36.7 Å². The molecule has 0 unspecified atom stereocenters. The largest absolute Gasteiger partial charge is 0.368 e. The van der Waals surface area contributed by atoms with E-state index in [0.29, 0.717) is 13.2 Å². The molecule has 2 aliphatic heterocycles. The summed E-state index contributed by atoms with van der Waals surface area (Å²) in [6.07, 6.45) is 8.57. The highest BCUT2D eigenvalue weighted by Crippen LogP contribution is 2.17. The van der Waals surface area contributed by atoms with Crippen molar-refractivity contribution in [3.8, 4) is 0 Å². The summed E-state index contributed by atoms with van der Waals surface area (Å²) in [4.78, 5) is 18.8. The van der Waals surface area contributed by atoms with Gasteiger partial charge in [-0.2, -0.15) is 0 Å². The molecular formula is C17H25N3O2. The fraction of sp³-hybridized carbons (Fsp3) is 0.647. The van der Waals surface area contributed by atoms with E-state index in [4.69, 9.17) is 4.74 Å². The van der Waals surface area contributed by atoms with Gasteiger partial charge in [-0.15, -0.1) is 0 Å². The second kappa shape index (κ2) is 7.58. The van der Waals surface area contributed by atoms with Gasteiger partial charge in [0, 0.05) is 32.4 Å². The number of nitrogens with zero attached hydrogens (tertiary/aromatic N) is 2. The number of anilines is 1. The SMILES string of the molecule is O=C(NCc1ccc(N2CCCCCC2)nc1)[C@H]1CCCO1. The molecule has 0 radical (unpaired) electrons. The van der Waals surface area contributed by atoms with Gasteiger partial charge in [0.25, 0.3) is 0 Å². The van der Waals surface area contributed by atoms with Gasteiger partial charge in [-0.25, -0.2) is 4.98 Å². The molecule has 0 bridgehead atoms. The van der Waals surface area contributed by atoms with Gasteiger partial charge in [0.1, 0.15) is 11.9 Å². The van der Waals surface area contributed by atoms with Crippen LogP contribution in [0.25, 0.3) is 0 Å². The first kappa shape index (κ1) is 15.3. The van der Waals surface area contributed by atoms with Crippen molar-refractivity contribution in [1.82, 2.24) is 10.3 Å². The van der Waals surface area contributed by atoms with Crippen molar-refractivity contribution in [2.24, 2.45) is 0 Å². The summed E-state index contributed by atoms with van der Waals surface area (Å²) in [6.45, 7) is 3.42. The van der Waals surface area contributed by atoms with Gasteiger partial charge < -0.3 is 15.0 Å². The third-order valence-electron chi connectivity index (χ3n) is 4.43. The molecule has 0 aliphatic carbocycles. The van der Waals surface area contributed by atoms with E-state index >= 15 is 0 Å². The first-order chi connectivity index (χ1) is 10.8. The molecule has 2 aliphatic rings. The third-order valence-corrected chi connectivity index (χ3v) is 4.43. The maximum absolute atomic E-state index is 11.9. The lowest BCUT2D eigenvalue weighted by Gasteiger charge is -2.21. The molecule has 1 aromatic heterocycles. The fourth-order valence-electron chi connectivity index (χ4n) is 3.10. The molecule has 0 spiro atoms. The van der Waals surface area contributed by atoms with Crippen molar-refractivity contribution >= 4 is 11.7 Å². The van der Waals surface area contributed by atoms with E-state index in [-0.39, 0.29) is 12.0 Å². The van der Waals surface area contributed by atoms with Crippen LogP contribution in [-0.2, 0) is 16.1 Å². The van der Waals surface area contributed by atoms with Crippen molar-refractivity contribution in [3.63, 3.8) is 0 Å². The minimum Gasteiger partial charge on any atom is -0.368 e. The number of rotatable bonds is 4. The van der Waals surface area contributed by atoms with Crippen molar-refractivity contribution in [3.05, 3.63) is 23.9 Å². The van der Waals surface area contributed by atoms with Crippen LogP contribution in [0.3, 0.4) is 0 Å². The van der Waals surface area contributed by atoms with Crippen LogP contribution in [0.4, 0.5) is 5.82 Å². The van der Waals surface area contributed by atoms with Gasteiger partial charge in [0.15, 0.2) is 0 Å². The number of amides is 1. The van der Waals surface area contributed by atoms with E-state index in [1.165, 1.54) is 25.7 Å². The van der Waals surface area contributed by atoms with Crippen LogP contribution in [0.15, 0.2) is 18.3 Å². The number of nitrogens with one attached hydrogen (secondary N) is 1. The standard InChI is InChI=1S/C17H25N3O2/c21-17(15-6-5-11-22-15)19-13-14-7-8-16(18-12-14)20-9-3-1-2-4-10-20/h7-8,12,15H,1-6,9-11,13H2,(H,19,21)/t15-/m1/s1. The van der Waals surface area contributed by atoms with E-state index in [1.807, 2.05) is 6.20 Å². The summed E-state index contributed by atoms with van der Waals surface area (Å²) in [5.41, 5.74) is 1.03. The number of ether oxygens (including phenoxy) is 1. The summed E-state index contributed by atoms with van der Waals surface area (Å²) in [7, 11) is 0. The number of carbonyl (C=O) groups is 1. The van der Waals surface area contributed by atoms with Gasteiger partial charge in [-0.1, -0.05) is 18.9 Å². The molecule has 1 aromatic rings. The van der Waals surface area contributed by atoms with Crippen LogP contribution in [0.1, 0.15) is 44.1 Å². The van der Waals surface area contributed by atoms with Crippen LogP contribution >= 0.6 is 0 Å². The monoisotopic (exact) mass is 303 g/mol. The predicted octanol–water partition coefficient (Wildman–Crippen LogP) is 2.26. The molecule has 1 amide bonds. The van der Waals surface area contributed by atoms with Crippen LogP contribution in [0, 0.1) is 0 Å². The highest BCUT2D eigenvalue weighted by atomic mass is 16.5. The number of hydrogen-bond donors (Lipinski definition) is 1. The lowest BCUT2D eigenvalue weighted by Crippen LogP contribution is -2.33. The lowest BCUT2D eigenvalue weighted by atomic mass is 10.2. The minimum atomic E-state index is -0.260. The molecule has 0 aromatic carbocycles. The molecule has 3 rings (SSSR count). The molecule has 1 N–H and O–H groups in total. The average molecular weight is 303 g/mol. The maximum Gasteiger partial charge on any atom is 0.249 e. The lowest BCUT2D eigenvalue weighted by molar-refractivity contribution is -0.130. The smallest absolute Gasteiger partial charge is 0.249 e. The second-order valence-corrected chi connectivity index (χ2v) is 6.15. The Kier molecular flexibility index (Phi) is 5.27. The van der Waals surface area contributed by atoms with Crippen molar-refractivity contribution in [2.75, 3.05) is 24.6 Å². The Morgan fingerprint density at radius 1 is 1.23 bits per heavy atom. The van der Waals surface area contributed by atoms with Gasteiger partial charge in [0.05, 0.1) is 0 Å². The summed E-state index contributed by atoms with van der Waals surface area (Å²) in [6, 6.07) is 4.13. The quantitative estimate of drug-likeness (QED) is 0.927. The van der Waals surface area contributed by atoms with Crippen LogP contribution in [0.2, 0.25) is 0 Å². The van der Waals surface area contributed by atoms with Crippen molar-refractivity contribution in [1.29, 1.82) is 0 Å². The minimum absolute atomic E-state index is 0.00547. The zero-order chi connectivity index (χ0) is 15.2. The van der Waals surface area contributed by atoms with Gasteiger partial charge in [-0.05, 0) is 37.3 Å². The number of pyridine rings is 1. The topological polar surface area (TPSA) is 54.5 Å². The zero-order valence-corrected chi connectivity index (χ0v) is 13.1. The van der Waals surface area contributed by atoms with E-state index in [1.54, 1.807) is 0 Å².